The second-order valence-corrected chi connectivity index (χ2v) is 5.64. The van der Waals surface area contributed by atoms with Gasteiger partial charge in [-0.2, -0.15) is 0 Å². The number of hydrogen-bond donors (Lipinski definition) is 1. The molecule has 2 aromatic carbocycles. The third-order valence-electron chi connectivity index (χ3n) is 3.76. The van der Waals surface area contributed by atoms with Crippen molar-refractivity contribution in [2.24, 2.45) is 7.05 Å². The topological polar surface area (TPSA) is 41.3 Å². The maximum Gasteiger partial charge on any atom is 0.129 e. The van der Waals surface area contributed by atoms with E-state index in [4.69, 9.17) is 11.6 Å². The van der Waals surface area contributed by atoms with E-state index in [1.807, 2.05) is 55.6 Å². The first-order chi connectivity index (χ1) is 10.7. The Hall–Kier alpha value is -2.04. The van der Waals surface area contributed by atoms with Crippen LogP contribution >= 0.6 is 11.6 Å². The zero-order valence-electron chi connectivity index (χ0n) is 12.4. The number of nitrogens with zero attached hydrogens (tertiary/aromatic N) is 3. The van der Waals surface area contributed by atoms with Gasteiger partial charge in [0.25, 0.3) is 0 Å². The summed E-state index contributed by atoms with van der Waals surface area (Å²) in [5.41, 5.74) is 3.01. The Morgan fingerprint density at radius 3 is 2.68 bits per heavy atom. The molecule has 4 nitrogen and oxygen atoms in total. The third-order valence-corrected chi connectivity index (χ3v) is 3.99. The second kappa shape index (κ2) is 6.38. The maximum absolute atomic E-state index is 9.34. The molecule has 22 heavy (non-hydrogen) atoms. The molecule has 0 bridgehead atoms. The van der Waals surface area contributed by atoms with Crippen LogP contribution in [-0.2, 0) is 13.6 Å². The summed E-state index contributed by atoms with van der Waals surface area (Å²) >= 11 is 6.04. The molecule has 3 rings (SSSR count). The number of halogens is 1. The molecule has 0 spiro atoms. The smallest absolute Gasteiger partial charge is 0.129 e. The molecule has 0 unspecified atom stereocenters. The van der Waals surface area contributed by atoms with Gasteiger partial charge in [-0.3, -0.25) is 0 Å². The van der Waals surface area contributed by atoms with Gasteiger partial charge in [-0.1, -0.05) is 29.8 Å². The van der Waals surface area contributed by atoms with Gasteiger partial charge in [-0.25, -0.2) is 4.98 Å². The summed E-state index contributed by atoms with van der Waals surface area (Å²) in [5, 5.41) is 10.0. The van der Waals surface area contributed by atoms with Crippen molar-refractivity contribution in [2.75, 3.05) is 18.1 Å². The summed E-state index contributed by atoms with van der Waals surface area (Å²) in [6, 6.07) is 15.8. The molecule has 114 valence electrons. The van der Waals surface area contributed by atoms with Gasteiger partial charge in [0.2, 0.25) is 0 Å². The average Bonchev–Trinajstić information content (AvgIpc) is 2.83. The summed E-state index contributed by atoms with van der Waals surface area (Å²) < 4.78 is 2.07. The lowest BCUT2D eigenvalue weighted by Crippen LogP contribution is -2.27. The zero-order chi connectivity index (χ0) is 15.5. The minimum Gasteiger partial charge on any atom is -0.395 e. The normalized spacial score (nSPS) is 11.0. The van der Waals surface area contributed by atoms with Crippen LogP contribution in [0.15, 0.2) is 48.5 Å². The van der Waals surface area contributed by atoms with Crippen LogP contribution in [0, 0.1) is 0 Å². The van der Waals surface area contributed by atoms with Gasteiger partial charge in [0.15, 0.2) is 0 Å². The SMILES string of the molecule is Cn1c(CN(CCO)c2ccccc2)nc2cc(Cl)ccc21. The van der Waals surface area contributed by atoms with Crippen molar-refractivity contribution in [1.82, 2.24) is 9.55 Å². The van der Waals surface area contributed by atoms with E-state index in [1.54, 1.807) is 0 Å². The largest absolute Gasteiger partial charge is 0.395 e. The number of imidazole rings is 1. The van der Waals surface area contributed by atoms with Crippen LogP contribution in [0.25, 0.3) is 11.0 Å². The van der Waals surface area contributed by atoms with Gasteiger partial charge >= 0.3 is 0 Å². The Kier molecular flexibility index (Phi) is 4.32. The number of aliphatic hydroxyl groups excluding tert-OH is 1. The quantitative estimate of drug-likeness (QED) is 0.786. The Morgan fingerprint density at radius 1 is 1.18 bits per heavy atom. The fraction of sp³-hybridized carbons (Fsp3) is 0.235. The highest BCUT2D eigenvalue weighted by atomic mass is 35.5. The molecule has 0 fully saturated rings. The average molecular weight is 316 g/mol. The monoisotopic (exact) mass is 315 g/mol. The highest BCUT2D eigenvalue weighted by Crippen LogP contribution is 2.22. The van der Waals surface area contributed by atoms with Crippen molar-refractivity contribution < 1.29 is 5.11 Å². The lowest BCUT2D eigenvalue weighted by Gasteiger charge is -2.23. The van der Waals surface area contributed by atoms with Crippen molar-refractivity contribution in [2.45, 2.75) is 6.54 Å². The van der Waals surface area contributed by atoms with Crippen molar-refractivity contribution in [1.29, 1.82) is 0 Å². The summed E-state index contributed by atoms with van der Waals surface area (Å²) in [7, 11) is 2.00. The van der Waals surface area contributed by atoms with E-state index in [1.165, 1.54) is 0 Å². The lowest BCUT2D eigenvalue weighted by atomic mass is 10.3. The van der Waals surface area contributed by atoms with Gasteiger partial charge in [0, 0.05) is 24.3 Å². The Bertz CT molecular complexity index is 770. The van der Waals surface area contributed by atoms with E-state index in [2.05, 4.69) is 14.5 Å². The summed E-state index contributed by atoms with van der Waals surface area (Å²) in [5.74, 6) is 0.939. The van der Waals surface area contributed by atoms with Crippen LogP contribution in [0.4, 0.5) is 5.69 Å². The number of aromatic nitrogens is 2. The number of para-hydroxylation sites is 1. The third kappa shape index (κ3) is 2.93. The standard InChI is InChI=1S/C17H18ClN3O/c1-20-16-8-7-13(18)11-15(16)19-17(20)12-21(9-10-22)14-5-3-2-4-6-14/h2-8,11,22H,9-10,12H2,1H3. The fourth-order valence-electron chi connectivity index (χ4n) is 2.59. The highest BCUT2D eigenvalue weighted by Gasteiger charge is 2.13. The zero-order valence-corrected chi connectivity index (χ0v) is 13.2. The lowest BCUT2D eigenvalue weighted by molar-refractivity contribution is 0.301. The minimum atomic E-state index is 0.102. The van der Waals surface area contributed by atoms with Crippen LogP contribution in [0.3, 0.4) is 0 Å². The van der Waals surface area contributed by atoms with Gasteiger partial charge in [0.1, 0.15) is 5.82 Å². The molecule has 5 heteroatoms. The van der Waals surface area contributed by atoms with Crippen LogP contribution < -0.4 is 4.90 Å². The van der Waals surface area contributed by atoms with Crippen molar-refractivity contribution in [3.05, 3.63) is 59.4 Å². The number of hydrogen-bond acceptors (Lipinski definition) is 3. The molecule has 0 radical (unpaired) electrons. The molecule has 0 saturated carbocycles. The molecule has 0 aliphatic rings. The predicted octanol–water partition coefficient (Wildman–Crippen LogP) is 3.23. The number of fused-ring (bicyclic) bond motifs is 1. The van der Waals surface area contributed by atoms with E-state index >= 15 is 0 Å². The number of rotatable bonds is 5. The maximum atomic E-state index is 9.34. The van der Waals surface area contributed by atoms with Crippen molar-refractivity contribution in [3.8, 4) is 0 Å². The number of anilines is 1. The Morgan fingerprint density at radius 2 is 1.95 bits per heavy atom. The fourth-order valence-corrected chi connectivity index (χ4v) is 2.76. The van der Waals surface area contributed by atoms with Gasteiger partial charge in [0.05, 0.1) is 24.2 Å². The molecule has 1 N–H and O–H groups in total. The van der Waals surface area contributed by atoms with Crippen LogP contribution in [0.2, 0.25) is 5.02 Å². The van der Waals surface area contributed by atoms with Gasteiger partial charge in [-0.15, -0.1) is 0 Å². The summed E-state index contributed by atoms with van der Waals surface area (Å²) in [6.45, 7) is 1.30. The van der Waals surface area contributed by atoms with E-state index in [9.17, 15) is 5.11 Å². The predicted molar refractivity (Wildman–Crippen MR) is 90.3 cm³/mol. The molecule has 3 aromatic rings. The van der Waals surface area contributed by atoms with Crippen LogP contribution in [-0.4, -0.2) is 27.8 Å². The highest BCUT2D eigenvalue weighted by molar-refractivity contribution is 6.31. The number of benzene rings is 2. The molecular formula is C17H18ClN3O. The van der Waals surface area contributed by atoms with E-state index in [0.29, 0.717) is 18.1 Å². The molecule has 0 amide bonds. The molecule has 0 saturated heterocycles. The molecule has 0 aliphatic heterocycles. The van der Waals surface area contributed by atoms with Crippen LogP contribution in [0.1, 0.15) is 5.82 Å². The second-order valence-electron chi connectivity index (χ2n) is 5.20. The Labute approximate surface area is 134 Å². The summed E-state index contributed by atoms with van der Waals surface area (Å²) in [6.07, 6.45) is 0. The first-order valence-corrected chi connectivity index (χ1v) is 7.58. The van der Waals surface area contributed by atoms with E-state index < -0.39 is 0 Å². The van der Waals surface area contributed by atoms with Gasteiger partial charge < -0.3 is 14.6 Å². The molecule has 0 atom stereocenters. The van der Waals surface area contributed by atoms with E-state index in [-0.39, 0.29) is 6.61 Å². The first kappa shape index (κ1) is 14.9. The number of aliphatic hydroxyl groups is 1. The van der Waals surface area contributed by atoms with Crippen molar-refractivity contribution >= 4 is 28.3 Å². The van der Waals surface area contributed by atoms with Crippen molar-refractivity contribution in [3.63, 3.8) is 0 Å². The molecular weight excluding hydrogens is 298 g/mol. The Balaban J connectivity index is 1.94. The first-order valence-electron chi connectivity index (χ1n) is 7.21. The summed E-state index contributed by atoms with van der Waals surface area (Å²) in [4.78, 5) is 6.79. The van der Waals surface area contributed by atoms with E-state index in [0.717, 1.165) is 22.5 Å². The molecule has 0 aliphatic carbocycles. The van der Waals surface area contributed by atoms with Crippen LogP contribution in [0.5, 0.6) is 0 Å². The van der Waals surface area contributed by atoms with Gasteiger partial charge in [-0.05, 0) is 30.3 Å². The molecule has 1 aromatic heterocycles. The minimum absolute atomic E-state index is 0.102. The molecule has 1 heterocycles. The number of aryl methyl sites for hydroxylation is 1.